The van der Waals surface area contributed by atoms with E-state index in [1.807, 2.05) is 0 Å². The molecule has 2 aliphatic rings. The summed E-state index contributed by atoms with van der Waals surface area (Å²) >= 11 is 0. The normalized spacial score (nSPS) is 25.5. The van der Waals surface area contributed by atoms with Gasteiger partial charge in [-0.2, -0.15) is 0 Å². The summed E-state index contributed by atoms with van der Waals surface area (Å²) in [5, 5.41) is 0.206. The number of ether oxygens (including phenoxy) is 2. The van der Waals surface area contributed by atoms with Crippen LogP contribution < -0.4 is 0 Å². The molecule has 0 N–H and O–H groups in total. The van der Waals surface area contributed by atoms with E-state index in [-0.39, 0.29) is 16.2 Å². The van der Waals surface area contributed by atoms with Crippen molar-refractivity contribution in [3.8, 4) is 0 Å². The first-order valence-electron chi connectivity index (χ1n) is 15.6. The van der Waals surface area contributed by atoms with Crippen LogP contribution in [-0.4, -0.2) is 31.7 Å². The Morgan fingerprint density at radius 2 is 1.31 bits per heavy atom. The molecule has 0 aromatic carbocycles. The highest BCUT2D eigenvalue weighted by Gasteiger charge is 2.54. The van der Waals surface area contributed by atoms with Crippen molar-refractivity contribution in [1.82, 2.24) is 0 Å². The second-order valence-corrected chi connectivity index (χ2v) is 19.5. The van der Waals surface area contributed by atoms with E-state index >= 15 is 0 Å². The first-order valence-corrected chi connectivity index (χ1v) is 18.5. The van der Waals surface area contributed by atoms with Crippen molar-refractivity contribution in [1.29, 1.82) is 0 Å². The van der Waals surface area contributed by atoms with Gasteiger partial charge < -0.3 is 13.9 Å². The first kappa shape index (κ1) is 34.1. The molecule has 2 rings (SSSR count). The number of epoxide rings is 2. The molecule has 0 saturated carbocycles. The quantitative estimate of drug-likeness (QED) is 0.0585. The minimum absolute atomic E-state index is 0.0632. The van der Waals surface area contributed by atoms with Crippen molar-refractivity contribution in [2.75, 3.05) is 0 Å². The van der Waals surface area contributed by atoms with Crippen LogP contribution in [-0.2, 0) is 13.9 Å². The molecule has 4 heteroatoms. The Kier molecular flexibility index (Phi) is 12.4. The van der Waals surface area contributed by atoms with Crippen LogP contribution in [0.1, 0.15) is 133 Å². The average molecular weight is 559 g/mol. The maximum Gasteiger partial charge on any atom is 0.250 e. The Hall–Kier alpha value is -1.10. The van der Waals surface area contributed by atoms with Gasteiger partial charge in [-0.25, -0.2) is 0 Å². The van der Waals surface area contributed by atoms with Crippen LogP contribution in [0.15, 0.2) is 46.8 Å². The Bertz CT molecular complexity index is 911. The summed E-state index contributed by atoms with van der Waals surface area (Å²) in [6, 6.07) is 0. The molecule has 3 atom stereocenters. The van der Waals surface area contributed by atoms with Crippen molar-refractivity contribution in [2.24, 2.45) is 0 Å². The zero-order valence-corrected chi connectivity index (χ0v) is 28.8. The summed E-state index contributed by atoms with van der Waals surface area (Å²) in [7, 11) is -1.85. The Morgan fingerprint density at radius 3 is 1.90 bits per heavy atom. The van der Waals surface area contributed by atoms with E-state index in [2.05, 4.69) is 107 Å². The summed E-state index contributed by atoms with van der Waals surface area (Å²) in [6.45, 7) is 27.2. The molecule has 0 aromatic heterocycles. The molecule has 0 unspecified atom stereocenters. The van der Waals surface area contributed by atoms with Crippen LogP contribution in [0.4, 0.5) is 0 Å². The minimum Gasteiger partial charge on any atom is -0.547 e. The summed E-state index contributed by atoms with van der Waals surface area (Å²) in [5.74, 6) is 1.20. The Labute approximate surface area is 243 Å². The smallest absolute Gasteiger partial charge is 0.250 e. The molecule has 0 aromatic rings. The number of unbranched alkanes of at least 4 members (excludes halogenated alkanes) is 1. The number of rotatable bonds is 17. The lowest BCUT2D eigenvalue weighted by Crippen LogP contribution is -2.40. The highest BCUT2D eigenvalue weighted by Crippen LogP contribution is 2.47. The van der Waals surface area contributed by atoms with E-state index < -0.39 is 8.32 Å². The molecule has 224 valence electrons. The molecule has 0 bridgehead atoms. The zero-order chi connectivity index (χ0) is 29.5. The SMILES string of the molecule is CC(C)=CCC/C(C)=C/CC/C=C(/CC/C=C(\C)CC[C@H]1O[C@]1(C)CC[C@H]1OC1(C)C)O[Si](C)(C)C(C)(C)C. The molecule has 0 aliphatic carbocycles. The Morgan fingerprint density at radius 1 is 0.744 bits per heavy atom. The average Bonchev–Trinajstić information content (AvgIpc) is 3.65. The fourth-order valence-electron chi connectivity index (χ4n) is 4.89. The third kappa shape index (κ3) is 12.1. The molecule has 0 spiro atoms. The van der Waals surface area contributed by atoms with Crippen LogP contribution in [0.25, 0.3) is 0 Å². The van der Waals surface area contributed by atoms with Gasteiger partial charge in [0.15, 0.2) is 0 Å². The highest BCUT2D eigenvalue weighted by atomic mass is 28.4. The lowest BCUT2D eigenvalue weighted by atomic mass is 9.94. The van der Waals surface area contributed by atoms with E-state index in [0.717, 1.165) is 64.2 Å². The predicted molar refractivity (Wildman–Crippen MR) is 172 cm³/mol. The van der Waals surface area contributed by atoms with E-state index in [1.165, 1.54) is 22.5 Å². The fraction of sp³-hybridized carbons (Fsp3) is 0.771. The highest BCUT2D eigenvalue weighted by molar-refractivity contribution is 6.74. The largest absolute Gasteiger partial charge is 0.547 e. The number of hydrogen-bond donors (Lipinski definition) is 0. The maximum atomic E-state index is 6.80. The molecule has 2 heterocycles. The standard InChI is InChI=1S/C35H62O3Si/c1-27(2)17-15-19-28(3)18-13-14-21-30(38-39(11,12)33(5,6)7)22-16-20-29(4)23-24-32-35(10,37-32)26-25-31-34(8,9)36-31/h17-18,20-21,31-32H,13-16,19,22-26H2,1-12H3/b28-18+,29-20+,30-21-/t31-,32-,35-/m1/s1. The predicted octanol–water partition coefficient (Wildman–Crippen LogP) is 11.0. The van der Waals surface area contributed by atoms with E-state index in [4.69, 9.17) is 13.9 Å². The van der Waals surface area contributed by atoms with Gasteiger partial charge in [0.2, 0.25) is 8.32 Å². The third-order valence-electron chi connectivity index (χ3n) is 9.10. The fourth-order valence-corrected chi connectivity index (χ4v) is 6.04. The number of hydrogen-bond acceptors (Lipinski definition) is 3. The monoisotopic (exact) mass is 558 g/mol. The topological polar surface area (TPSA) is 34.3 Å². The van der Waals surface area contributed by atoms with Crippen LogP contribution in [0.3, 0.4) is 0 Å². The van der Waals surface area contributed by atoms with Crippen LogP contribution >= 0.6 is 0 Å². The van der Waals surface area contributed by atoms with Gasteiger partial charge >= 0.3 is 0 Å². The Balaban J connectivity index is 1.83. The second kappa shape index (κ2) is 14.2. The van der Waals surface area contributed by atoms with Crippen LogP contribution in [0.5, 0.6) is 0 Å². The molecule has 0 radical (unpaired) electrons. The lowest BCUT2D eigenvalue weighted by Gasteiger charge is -2.37. The van der Waals surface area contributed by atoms with Gasteiger partial charge in [0, 0.05) is 6.42 Å². The molecular formula is C35H62O3Si. The van der Waals surface area contributed by atoms with Gasteiger partial charge in [0.1, 0.15) is 0 Å². The summed E-state index contributed by atoms with van der Waals surface area (Å²) in [4.78, 5) is 0. The molecule has 2 saturated heterocycles. The molecule has 0 amide bonds. The first-order chi connectivity index (χ1) is 17.9. The third-order valence-corrected chi connectivity index (χ3v) is 13.5. The van der Waals surface area contributed by atoms with E-state index in [0.29, 0.717) is 12.2 Å². The second-order valence-electron chi connectivity index (χ2n) is 14.8. The molecule has 2 fully saturated rings. The van der Waals surface area contributed by atoms with E-state index in [1.54, 1.807) is 0 Å². The zero-order valence-electron chi connectivity index (χ0n) is 27.8. The van der Waals surface area contributed by atoms with Crippen molar-refractivity contribution < 1.29 is 13.9 Å². The van der Waals surface area contributed by atoms with Crippen molar-refractivity contribution >= 4 is 8.32 Å². The van der Waals surface area contributed by atoms with Crippen LogP contribution in [0.2, 0.25) is 18.1 Å². The molecular weight excluding hydrogens is 496 g/mol. The molecule has 2 aliphatic heterocycles. The van der Waals surface area contributed by atoms with Crippen molar-refractivity contribution in [2.45, 2.75) is 175 Å². The van der Waals surface area contributed by atoms with Gasteiger partial charge in [-0.1, -0.05) is 55.7 Å². The van der Waals surface area contributed by atoms with E-state index in [9.17, 15) is 0 Å². The van der Waals surface area contributed by atoms with Gasteiger partial charge in [-0.05, 0) is 130 Å². The summed E-state index contributed by atoms with van der Waals surface area (Å²) < 4.78 is 18.7. The van der Waals surface area contributed by atoms with Crippen molar-refractivity contribution in [3.63, 3.8) is 0 Å². The summed E-state index contributed by atoms with van der Waals surface area (Å²) in [5.41, 5.74) is 4.52. The minimum atomic E-state index is -1.85. The molecule has 3 nitrogen and oxygen atoms in total. The van der Waals surface area contributed by atoms with Gasteiger partial charge in [-0.3, -0.25) is 0 Å². The lowest BCUT2D eigenvalue weighted by molar-refractivity contribution is 0.274. The van der Waals surface area contributed by atoms with Crippen molar-refractivity contribution in [3.05, 3.63) is 46.8 Å². The summed E-state index contributed by atoms with van der Waals surface area (Å²) in [6.07, 6.45) is 21.3. The van der Waals surface area contributed by atoms with Crippen LogP contribution in [0, 0.1) is 0 Å². The maximum absolute atomic E-state index is 6.80. The molecule has 39 heavy (non-hydrogen) atoms. The van der Waals surface area contributed by atoms with Gasteiger partial charge in [0.25, 0.3) is 0 Å². The number of allylic oxidation sites excluding steroid dienone is 8. The van der Waals surface area contributed by atoms with Gasteiger partial charge in [-0.15, -0.1) is 0 Å². The van der Waals surface area contributed by atoms with Gasteiger partial charge in [0.05, 0.1) is 29.2 Å².